The molecule has 0 aliphatic heterocycles. The Morgan fingerprint density at radius 1 is 1.21 bits per heavy atom. The lowest BCUT2D eigenvalue weighted by Gasteiger charge is -2.28. The molecule has 0 saturated heterocycles. The Morgan fingerprint density at radius 3 is 2.72 bits per heavy atom. The number of carbonyl (C=O) groups is 1. The minimum atomic E-state index is 0.121. The van der Waals surface area contributed by atoms with Crippen molar-refractivity contribution in [3.8, 4) is 5.75 Å². The first-order valence-corrected chi connectivity index (χ1v) is 11.0. The second-order valence-electron chi connectivity index (χ2n) is 6.92. The largest absolute Gasteiger partial charge is 0.486 e. The fraction of sp³-hybridized carbons (Fsp3) is 0.304. The number of ether oxygens (including phenoxy) is 1. The van der Waals surface area contributed by atoms with Crippen molar-refractivity contribution >= 4 is 28.8 Å². The average molecular weight is 429 g/mol. The van der Waals surface area contributed by atoms with Gasteiger partial charge in [0.25, 0.3) is 0 Å². The van der Waals surface area contributed by atoms with Crippen LogP contribution in [-0.2, 0) is 24.4 Å². The maximum Gasteiger partial charge on any atom is 0.227 e. The fourth-order valence-electron chi connectivity index (χ4n) is 2.95. The number of hydrogen-bond donors (Lipinski definition) is 0. The summed E-state index contributed by atoms with van der Waals surface area (Å²) < 4.78 is 5.77. The van der Waals surface area contributed by atoms with Gasteiger partial charge in [-0.3, -0.25) is 4.79 Å². The van der Waals surface area contributed by atoms with Gasteiger partial charge in [-0.2, -0.15) is 0 Å². The summed E-state index contributed by atoms with van der Waals surface area (Å²) in [5.41, 5.74) is 1.92. The van der Waals surface area contributed by atoms with Crippen LogP contribution in [0.15, 0.2) is 60.0 Å². The van der Waals surface area contributed by atoms with E-state index in [-0.39, 0.29) is 11.9 Å². The Balaban J connectivity index is 1.63. The van der Waals surface area contributed by atoms with Gasteiger partial charge in [-0.15, -0.1) is 11.3 Å². The van der Waals surface area contributed by atoms with E-state index in [4.69, 9.17) is 16.3 Å². The molecule has 0 spiro atoms. The molecule has 3 rings (SSSR count). The molecule has 3 aromatic rings. The summed E-state index contributed by atoms with van der Waals surface area (Å²) in [7, 11) is 0. The second-order valence-corrected chi connectivity index (χ2v) is 8.30. The van der Waals surface area contributed by atoms with Crippen LogP contribution in [0.4, 0.5) is 0 Å². The monoisotopic (exact) mass is 428 g/mol. The number of halogens is 1. The summed E-state index contributed by atoms with van der Waals surface area (Å²) in [6, 6.07) is 17.3. The molecule has 4 nitrogen and oxygen atoms in total. The van der Waals surface area contributed by atoms with Crippen LogP contribution in [0.1, 0.15) is 36.5 Å². The van der Waals surface area contributed by atoms with E-state index < -0.39 is 0 Å². The number of nitrogens with zero attached hydrogens (tertiary/aromatic N) is 2. The Labute approximate surface area is 181 Å². The van der Waals surface area contributed by atoms with Gasteiger partial charge in [0.05, 0.1) is 18.7 Å². The Hall–Kier alpha value is -2.37. The predicted molar refractivity (Wildman–Crippen MR) is 118 cm³/mol. The maximum absolute atomic E-state index is 12.9. The standard InChI is InChI=1S/C23H25ClN2O2S/c1-3-17(2)26(23(27)12-18-8-5-4-6-9-18)14-20-16-29-22(25-20)15-28-21-11-7-10-19(24)13-21/h4-11,13,16-17H,3,12,14-15H2,1-2H3/t17-/m1/s1. The van der Waals surface area contributed by atoms with E-state index >= 15 is 0 Å². The smallest absolute Gasteiger partial charge is 0.227 e. The summed E-state index contributed by atoms with van der Waals surface area (Å²) in [5.74, 6) is 0.837. The molecule has 1 atom stereocenters. The zero-order valence-corrected chi connectivity index (χ0v) is 18.2. The molecule has 1 heterocycles. The molecule has 0 saturated carbocycles. The third kappa shape index (κ3) is 6.31. The van der Waals surface area contributed by atoms with E-state index in [1.54, 1.807) is 17.4 Å². The Morgan fingerprint density at radius 2 is 2.00 bits per heavy atom. The fourth-order valence-corrected chi connectivity index (χ4v) is 3.82. The number of thiazole rings is 1. The summed E-state index contributed by atoms with van der Waals surface area (Å²) in [5, 5.41) is 3.52. The van der Waals surface area contributed by atoms with E-state index in [1.165, 1.54) is 0 Å². The van der Waals surface area contributed by atoms with Crippen LogP contribution >= 0.6 is 22.9 Å². The van der Waals surface area contributed by atoms with E-state index in [9.17, 15) is 4.79 Å². The van der Waals surface area contributed by atoms with Crippen molar-refractivity contribution in [2.75, 3.05) is 0 Å². The molecule has 152 valence electrons. The number of rotatable bonds is 9. The van der Waals surface area contributed by atoms with Crippen molar-refractivity contribution < 1.29 is 9.53 Å². The molecule has 29 heavy (non-hydrogen) atoms. The van der Waals surface area contributed by atoms with Gasteiger partial charge in [0, 0.05) is 16.4 Å². The van der Waals surface area contributed by atoms with Crippen molar-refractivity contribution in [1.82, 2.24) is 9.88 Å². The van der Waals surface area contributed by atoms with Crippen molar-refractivity contribution in [1.29, 1.82) is 0 Å². The maximum atomic E-state index is 12.9. The van der Waals surface area contributed by atoms with Crippen LogP contribution < -0.4 is 4.74 Å². The second kappa shape index (κ2) is 10.4. The highest BCUT2D eigenvalue weighted by Crippen LogP contribution is 2.20. The molecule has 0 aliphatic carbocycles. The Kier molecular flexibility index (Phi) is 7.67. The summed E-state index contributed by atoms with van der Waals surface area (Å²) >= 11 is 7.53. The molecule has 1 amide bonds. The van der Waals surface area contributed by atoms with Crippen LogP contribution in [0.3, 0.4) is 0 Å². The van der Waals surface area contributed by atoms with Gasteiger partial charge in [-0.25, -0.2) is 4.98 Å². The van der Waals surface area contributed by atoms with Crippen LogP contribution in [0, 0.1) is 0 Å². The molecule has 0 aliphatic rings. The molecular formula is C23H25ClN2O2S. The summed E-state index contributed by atoms with van der Waals surface area (Å²) in [6.07, 6.45) is 1.30. The topological polar surface area (TPSA) is 42.4 Å². The molecule has 0 fully saturated rings. The van der Waals surface area contributed by atoms with Gasteiger partial charge in [-0.05, 0) is 37.1 Å². The van der Waals surface area contributed by atoms with Crippen molar-refractivity contribution in [3.05, 3.63) is 81.3 Å². The van der Waals surface area contributed by atoms with E-state index in [1.807, 2.05) is 58.8 Å². The molecule has 0 radical (unpaired) electrons. The molecule has 1 aromatic heterocycles. The van der Waals surface area contributed by atoms with Crippen molar-refractivity contribution in [2.45, 2.75) is 45.9 Å². The number of amides is 1. The third-order valence-electron chi connectivity index (χ3n) is 4.73. The molecular weight excluding hydrogens is 404 g/mol. The van der Waals surface area contributed by atoms with Gasteiger partial charge >= 0.3 is 0 Å². The third-order valence-corrected chi connectivity index (χ3v) is 5.84. The first-order chi connectivity index (χ1) is 14.0. The van der Waals surface area contributed by atoms with Gasteiger partial charge in [0.15, 0.2) is 0 Å². The number of aromatic nitrogens is 1. The van der Waals surface area contributed by atoms with Gasteiger partial charge < -0.3 is 9.64 Å². The van der Waals surface area contributed by atoms with Gasteiger partial charge in [0.2, 0.25) is 5.91 Å². The molecule has 6 heteroatoms. The van der Waals surface area contributed by atoms with Crippen molar-refractivity contribution in [3.63, 3.8) is 0 Å². The number of hydrogen-bond acceptors (Lipinski definition) is 4. The highest BCUT2D eigenvalue weighted by Gasteiger charge is 2.20. The van der Waals surface area contributed by atoms with Crippen LogP contribution in [-0.4, -0.2) is 21.8 Å². The van der Waals surface area contributed by atoms with Crippen LogP contribution in [0.5, 0.6) is 5.75 Å². The zero-order chi connectivity index (χ0) is 20.6. The number of benzene rings is 2. The molecule has 0 N–H and O–H groups in total. The van der Waals surface area contributed by atoms with Gasteiger partial charge in [0.1, 0.15) is 17.4 Å². The number of carbonyl (C=O) groups excluding carboxylic acids is 1. The minimum Gasteiger partial charge on any atom is -0.486 e. The SMILES string of the molecule is CC[C@@H](C)N(Cc1csc(COc2cccc(Cl)c2)n1)C(=O)Cc1ccccc1. The van der Waals surface area contributed by atoms with Crippen LogP contribution in [0.25, 0.3) is 0 Å². The predicted octanol–water partition coefficient (Wildman–Crippen LogP) is 5.75. The lowest BCUT2D eigenvalue weighted by Crippen LogP contribution is -2.38. The first-order valence-electron chi connectivity index (χ1n) is 9.70. The average Bonchev–Trinajstić information content (AvgIpc) is 3.18. The highest BCUT2D eigenvalue weighted by atomic mass is 35.5. The Bertz CT molecular complexity index is 929. The van der Waals surface area contributed by atoms with Crippen LogP contribution in [0.2, 0.25) is 5.02 Å². The summed E-state index contributed by atoms with van der Waals surface area (Å²) in [6.45, 7) is 5.07. The molecule has 0 bridgehead atoms. The quantitative estimate of drug-likeness (QED) is 0.436. The lowest BCUT2D eigenvalue weighted by atomic mass is 10.1. The first kappa shape index (κ1) is 21.3. The minimum absolute atomic E-state index is 0.121. The van der Waals surface area contributed by atoms with E-state index in [2.05, 4.69) is 18.8 Å². The van der Waals surface area contributed by atoms with E-state index in [0.717, 1.165) is 22.7 Å². The zero-order valence-electron chi connectivity index (χ0n) is 16.7. The lowest BCUT2D eigenvalue weighted by molar-refractivity contribution is -0.133. The summed E-state index contributed by atoms with van der Waals surface area (Å²) in [4.78, 5) is 19.5. The van der Waals surface area contributed by atoms with E-state index in [0.29, 0.717) is 30.3 Å². The van der Waals surface area contributed by atoms with Gasteiger partial charge in [-0.1, -0.05) is 54.9 Å². The normalized spacial score (nSPS) is 11.8. The van der Waals surface area contributed by atoms with Crippen molar-refractivity contribution in [2.24, 2.45) is 0 Å². The highest BCUT2D eigenvalue weighted by molar-refractivity contribution is 7.09. The molecule has 0 unspecified atom stereocenters. The molecule has 2 aromatic carbocycles.